The summed E-state index contributed by atoms with van der Waals surface area (Å²) in [4.78, 5) is 12.3. The van der Waals surface area contributed by atoms with Crippen LogP contribution in [0, 0.1) is 11.8 Å². The molecule has 2 N–H and O–H groups in total. The summed E-state index contributed by atoms with van der Waals surface area (Å²) in [5, 5.41) is 13.2. The van der Waals surface area contributed by atoms with E-state index in [1.165, 1.54) is 0 Å². The van der Waals surface area contributed by atoms with Crippen LogP contribution in [0.4, 0.5) is 0 Å². The summed E-state index contributed by atoms with van der Waals surface area (Å²) in [5.74, 6) is -0.196. The zero-order valence-corrected chi connectivity index (χ0v) is 14.6. The van der Waals surface area contributed by atoms with Crippen LogP contribution < -0.4 is 5.32 Å². The lowest BCUT2D eigenvalue weighted by Gasteiger charge is -2.57. The lowest BCUT2D eigenvalue weighted by Crippen LogP contribution is -2.74. The zero-order valence-electron chi connectivity index (χ0n) is 14.6. The van der Waals surface area contributed by atoms with Crippen LogP contribution in [0.15, 0.2) is 36.0 Å². The zero-order chi connectivity index (χ0) is 17.1. The molecule has 128 valence electrons. The smallest absolute Gasteiger partial charge is 0.226 e. The van der Waals surface area contributed by atoms with Crippen molar-refractivity contribution in [3.63, 3.8) is 0 Å². The van der Waals surface area contributed by atoms with Gasteiger partial charge in [0, 0.05) is 5.92 Å². The third kappa shape index (κ3) is 2.58. The van der Waals surface area contributed by atoms with Crippen LogP contribution in [0.3, 0.4) is 0 Å². The highest BCUT2D eigenvalue weighted by atomic mass is 16.5. The summed E-state index contributed by atoms with van der Waals surface area (Å²) in [6.07, 6.45) is 11.7. The average Bonchev–Trinajstić information content (AvgIpc) is 2.79. The fourth-order valence-corrected chi connectivity index (χ4v) is 4.13. The molecule has 4 atom stereocenters. The summed E-state index contributed by atoms with van der Waals surface area (Å²) in [7, 11) is 0. The van der Waals surface area contributed by atoms with Crippen LogP contribution in [-0.2, 0) is 9.53 Å². The van der Waals surface area contributed by atoms with E-state index in [4.69, 9.17) is 4.74 Å². The Morgan fingerprint density at radius 1 is 1.39 bits per heavy atom. The molecule has 0 radical (unpaired) electrons. The molecule has 1 aliphatic carbocycles. The van der Waals surface area contributed by atoms with Crippen molar-refractivity contribution < 1.29 is 14.6 Å². The van der Waals surface area contributed by atoms with Gasteiger partial charge in [0.2, 0.25) is 5.91 Å². The van der Waals surface area contributed by atoms with Crippen LogP contribution in [-0.4, -0.2) is 35.4 Å². The molecular weight excluding hydrogens is 290 g/mol. The van der Waals surface area contributed by atoms with Gasteiger partial charge in [-0.2, -0.15) is 0 Å². The SMILES string of the molecule is CC.CC[C@H]1C(=O)N[C@@]2(C(CO)C3=CC=CC=CC3)CO[C@@]12C. The maximum Gasteiger partial charge on any atom is 0.226 e. The molecule has 0 saturated carbocycles. The number of nitrogens with one attached hydrogen (secondary N) is 1. The third-order valence-corrected chi connectivity index (χ3v) is 5.47. The second-order valence-electron chi connectivity index (χ2n) is 6.31. The topological polar surface area (TPSA) is 58.6 Å². The maximum atomic E-state index is 12.3. The quantitative estimate of drug-likeness (QED) is 0.838. The Hall–Kier alpha value is -1.39. The average molecular weight is 319 g/mol. The van der Waals surface area contributed by atoms with Gasteiger partial charge in [-0.3, -0.25) is 4.79 Å². The number of carbonyl (C=O) groups excluding carboxylic acids is 1. The van der Waals surface area contributed by atoms with Gasteiger partial charge in [-0.25, -0.2) is 0 Å². The van der Waals surface area contributed by atoms with Gasteiger partial charge in [0.25, 0.3) is 0 Å². The Morgan fingerprint density at radius 2 is 2.13 bits per heavy atom. The van der Waals surface area contributed by atoms with E-state index < -0.39 is 11.1 Å². The van der Waals surface area contributed by atoms with Gasteiger partial charge >= 0.3 is 0 Å². The first kappa shape index (κ1) is 18.0. The monoisotopic (exact) mass is 319 g/mol. The predicted octanol–water partition coefficient (Wildman–Crippen LogP) is 2.75. The van der Waals surface area contributed by atoms with Crippen molar-refractivity contribution in [2.75, 3.05) is 13.2 Å². The van der Waals surface area contributed by atoms with Gasteiger partial charge < -0.3 is 15.2 Å². The van der Waals surface area contributed by atoms with Crippen LogP contribution in [0.2, 0.25) is 0 Å². The summed E-state index contributed by atoms with van der Waals surface area (Å²) in [5.41, 5.74) is 0.151. The number of hydrogen-bond acceptors (Lipinski definition) is 3. The van der Waals surface area contributed by atoms with Crippen molar-refractivity contribution in [3.8, 4) is 0 Å². The Balaban J connectivity index is 0.000000924. The van der Waals surface area contributed by atoms with Crippen molar-refractivity contribution in [2.24, 2.45) is 11.8 Å². The fourth-order valence-electron chi connectivity index (χ4n) is 4.13. The molecule has 0 aromatic carbocycles. The third-order valence-electron chi connectivity index (χ3n) is 5.47. The highest BCUT2D eigenvalue weighted by Crippen LogP contribution is 2.54. The van der Waals surface area contributed by atoms with Gasteiger partial charge in [0.05, 0.1) is 19.1 Å². The number of ether oxygens (including phenoxy) is 1. The normalized spacial score (nSPS) is 36.0. The number of hydrogen-bond donors (Lipinski definition) is 2. The van der Waals surface area contributed by atoms with Gasteiger partial charge in [-0.1, -0.05) is 56.7 Å². The van der Waals surface area contributed by atoms with Crippen molar-refractivity contribution >= 4 is 5.91 Å². The van der Waals surface area contributed by atoms with Gasteiger partial charge in [-0.05, 0) is 19.8 Å². The molecule has 1 amide bonds. The highest BCUT2D eigenvalue weighted by Gasteiger charge is 2.71. The second kappa shape index (κ2) is 7.02. The molecular formula is C19H29NO3. The number of rotatable bonds is 4. The second-order valence-corrected chi connectivity index (χ2v) is 6.31. The number of carbonyl (C=O) groups is 1. The number of fused-ring (bicyclic) bond motifs is 1. The summed E-state index contributed by atoms with van der Waals surface area (Å²) < 4.78 is 5.87. The van der Waals surface area contributed by atoms with E-state index in [-0.39, 0.29) is 24.3 Å². The lowest BCUT2D eigenvalue weighted by atomic mass is 9.63. The van der Waals surface area contributed by atoms with Crippen LogP contribution in [0.25, 0.3) is 0 Å². The molecule has 2 heterocycles. The molecule has 4 heteroatoms. The first-order chi connectivity index (χ1) is 11.1. The molecule has 0 aromatic heterocycles. The minimum Gasteiger partial charge on any atom is -0.396 e. The van der Waals surface area contributed by atoms with Crippen LogP contribution in [0.1, 0.15) is 40.5 Å². The van der Waals surface area contributed by atoms with E-state index in [9.17, 15) is 9.90 Å². The van der Waals surface area contributed by atoms with E-state index in [1.807, 2.05) is 45.9 Å². The minimum absolute atomic E-state index is 0.0170. The molecule has 0 aromatic rings. The molecule has 23 heavy (non-hydrogen) atoms. The molecule has 0 spiro atoms. The van der Waals surface area contributed by atoms with Crippen LogP contribution >= 0.6 is 0 Å². The van der Waals surface area contributed by atoms with E-state index in [2.05, 4.69) is 17.5 Å². The predicted molar refractivity (Wildman–Crippen MR) is 91.9 cm³/mol. The van der Waals surface area contributed by atoms with E-state index in [0.717, 1.165) is 18.4 Å². The van der Waals surface area contributed by atoms with E-state index >= 15 is 0 Å². The van der Waals surface area contributed by atoms with E-state index in [1.54, 1.807) is 0 Å². The first-order valence-corrected chi connectivity index (χ1v) is 8.68. The largest absolute Gasteiger partial charge is 0.396 e. The lowest BCUT2D eigenvalue weighted by molar-refractivity contribution is -0.235. The molecule has 2 fully saturated rings. The van der Waals surface area contributed by atoms with E-state index in [0.29, 0.717) is 6.61 Å². The number of amides is 1. The van der Waals surface area contributed by atoms with Crippen molar-refractivity contribution in [3.05, 3.63) is 36.0 Å². The van der Waals surface area contributed by atoms with Crippen molar-refractivity contribution in [1.82, 2.24) is 5.32 Å². The number of allylic oxidation sites excluding steroid dienone is 5. The maximum absolute atomic E-state index is 12.3. The van der Waals surface area contributed by atoms with Crippen molar-refractivity contribution in [2.45, 2.75) is 51.7 Å². The first-order valence-electron chi connectivity index (χ1n) is 8.68. The number of aliphatic hydroxyl groups excluding tert-OH is 1. The molecule has 2 saturated heterocycles. The molecule has 3 rings (SSSR count). The Morgan fingerprint density at radius 3 is 2.70 bits per heavy atom. The summed E-state index contributed by atoms with van der Waals surface area (Å²) in [6, 6.07) is 0. The standard InChI is InChI=1S/C17H23NO3.C2H6/c1-3-13-15(20)18-17(11-21-16(13,17)2)14(10-19)12-8-6-4-5-7-9-12;1-2/h4-8,13-14,19H,3,9-11H2,1-2H3,(H,18,20);1-2H3/t13-,14?,16-,17+;/m0./s1. The minimum atomic E-state index is -0.521. The molecule has 3 aliphatic rings. The number of aliphatic hydroxyl groups is 1. The Labute approximate surface area is 139 Å². The van der Waals surface area contributed by atoms with Gasteiger partial charge in [0.1, 0.15) is 11.1 Å². The highest BCUT2D eigenvalue weighted by molar-refractivity contribution is 5.85. The molecule has 2 aliphatic heterocycles. The molecule has 0 bridgehead atoms. The van der Waals surface area contributed by atoms with Gasteiger partial charge in [-0.15, -0.1) is 0 Å². The fraction of sp³-hybridized carbons (Fsp3) is 0.632. The van der Waals surface area contributed by atoms with Crippen LogP contribution in [0.5, 0.6) is 0 Å². The Bertz CT molecular complexity index is 537. The summed E-state index contributed by atoms with van der Waals surface area (Å²) >= 11 is 0. The van der Waals surface area contributed by atoms with Gasteiger partial charge in [0.15, 0.2) is 0 Å². The summed E-state index contributed by atoms with van der Waals surface area (Å²) in [6.45, 7) is 8.51. The Kier molecular flexibility index (Phi) is 5.48. The molecule has 1 unspecified atom stereocenters. The van der Waals surface area contributed by atoms with Crippen molar-refractivity contribution in [1.29, 1.82) is 0 Å². The molecule has 4 nitrogen and oxygen atoms in total.